The molecular formula is C92H98N32O9S4. The molecule has 4 amide bonds. The van der Waals surface area contributed by atoms with Gasteiger partial charge in [-0.3, -0.25) is 78.4 Å². The summed E-state index contributed by atoms with van der Waals surface area (Å²) in [5.74, 6) is 13.1. The minimum absolute atomic E-state index is 0.160. The lowest BCUT2D eigenvalue weighted by atomic mass is 10.0. The minimum atomic E-state index is -2.50. The van der Waals surface area contributed by atoms with Crippen molar-refractivity contribution in [3.8, 4) is 44.5 Å². The van der Waals surface area contributed by atoms with Crippen LogP contribution in [-0.4, -0.2) is 261 Å². The smallest absolute Gasteiger partial charge is 0.276 e. The van der Waals surface area contributed by atoms with Gasteiger partial charge in [-0.2, -0.15) is 20.4 Å². The average molecular weight is 1920 g/mol. The largest absolute Gasteiger partial charge is 0.378 e. The molecule has 0 bridgehead atoms. The second-order valence-electron chi connectivity index (χ2n) is 33.2. The summed E-state index contributed by atoms with van der Waals surface area (Å²) < 4.78 is 62.8. The third kappa shape index (κ3) is 25.0. The zero-order chi connectivity index (χ0) is 96.1. The summed E-state index contributed by atoms with van der Waals surface area (Å²) in [5, 5.41) is 42.2. The van der Waals surface area contributed by atoms with E-state index in [-0.39, 0.29) is 46.6 Å². The molecule has 137 heavy (non-hydrogen) atoms. The number of hydrogen-bond acceptors (Lipinski definition) is 29. The number of nitrogens with one attached hydrogen (secondary N) is 12. The van der Waals surface area contributed by atoms with E-state index in [2.05, 4.69) is 208 Å². The number of pyridine rings is 4. The van der Waals surface area contributed by atoms with Crippen LogP contribution in [0.3, 0.4) is 0 Å². The molecule has 3 aliphatic rings. The molecule has 15 heterocycles. The van der Waals surface area contributed by atoms with Crippen molar-refractivity contribution in [2.75, 3.05) is 146 Å². The number of nitrogens with zero attached hydrogens (tertiary/aromatic N) is 20. The van der Waals surface area contributed by atoms with Gasteiger partial charge in [0.1, 0.15) is 0 Å². The van der Waals surface area contributed by atoms with Gasteiger partial charge in [-0.1, -0.05) is 24.3 Å². The number of H-pyrrole nitrogens is 4. The van der Waals surface area contributed by atoms with Gasteiger partial charge in [-0.15, -0.1) is 0 Å². The van der Waals surface area contributed by atoms with Gasteiger partial charge in [-0.25, -0.2) is 56.7 Å². The lowest BCUT2D eigenvalue weighted by Crippen LogP contribution is -2.36. The highest BCUT2D eigenvalue weighted by atomic mass is 32.2. The summed E-state index contributed by atoms with van der Waals surface area (Å²) in [6.45, 7) is 8.00. The summed E-state index contributed by atoms with van der Waals surface area (Å²) in [7, 11) is -5.96. The number of benzene rings is 4. The van der Waals surface area contributed by atoms with Crippen molar-refractivity contribution in [2.45, 2.75) is 38.6 Å². The van der Waals surface area contributed by atoms with E-state index in [1.54, 1.807) is 12.4 Å². The van der Waals surface area contributed by atoms with Gasteiger partial charge in [0.2, 0.25) is 23.8 Å². The lowest BCUT2D eigenvalue weighted by Gasteiger charge is -2.28. The van der Waals surface area contributed by atoms with Crippen LogP contribution in [0.2, 0.25) is 0 Å². The monoisotopic (exact) mass is 1920 g/mol. The number of aromatic amines is 4. The second kappa shape index (κ2) is 41.3. The topological polar surface area (TPSA) is 524 Å². The van der Waals surface area contributed by atoms with Gasteiger partial charge in [0.15, 0.2) is 22.8 Å². The number of amides is 4. The Bertz CT molecular complexity index is 7390. The number of rotatable bonds is 25. The van der Waals surface area contributed by atoms with Crippen molar-refractivity contribution in [3.63, 3.8) is 0 Å². The quantitative estimate of drug-likeness (QED) is 0.0236. The number of morpholine rings is 1. The number of anilines is 11. The maximum absolute atomic E-state index is 13.0. The SMILES string of the molecule is C=S(C)(=O)Nc1ncc(NC(=O)c2n[nH]c3ccc(-c4cncc(CN(C)C)c4)cc23)cn1.C=S(C)(=O)Nc1ncc(NC(=O)c2n[nH]c3ccc(-c4cncc(N5CCCC5)c4)cc23)cn1.C=S(C)(=O)Nc1ncc(NC(=O)c2n[nH]c3ccc(-c4cncc(N5CCCCC5)c4)cc23)cn1.C=S(C)(=O)Nc1ncc(NC(=O)c2n[nH]c3ccc(-c4cncc(N5CCOCC5)c4)cc23)cn1. The first kappa shape index (κ1) is 94.4. The number of piperidine rings is 1. The summed E-state index contributed by atoms with van der Waals surface area (Å²) in [6.07, 6.45) is 38.0. The molecule has 0 saturated carbocycles. The predicted molar refractivity (Wildman–Crippen MR) is 544 cm³/mol. The van der Waals surface area contributed by atoms with Crippen LogP contribution in [0.5, 0.6) is 0 Å². The fourth-order valence-corrected chi connectivity index (χ4v) is 17.1. The van der Waals surface area contributed by atoms with E-state index in [0.29, 0.717) is 57.5 Å². The number of hydrogen-bond donors (Lipinski definition) is 12. The van der Waals surface area contributed by atoms with Gasteiger partial charge in [-0.05, 0) is 170 Å². The van der Waals surface area contributed by atoms with Crippen molar-refractivity contribution in [1.82, 2.24) is 105 Å². The van der Waals surface area contributed by atoms with Crippen molar-refractivity contribution in [2.24, 2.45) is 0 Å². The molecule has 3 aliphatic heterocycles. The lowest BCUT2D eigenvalue weighted by molar-refractivity contribution is 0.101. The van der Waals surface area contributed by atoms with Gasteiger partial charge < -0.3 is 45.6 Å². The Morgan fingerprint density at radius 3 is 0.861 bits per heavy atom. The number of aromatic nitrogens is 20. The number of carbonyl (C=O) groups excluding carboxylic acids is 4. The van der Waals surface area contributed by atoms with Crippen LogP contribution in [0.4, 0.5) is 63.6 Å². The molecule has 3 fully saturated rings. The van der Waals surface area contributed by atoms with E-state index in [1.807, 2.05) is 124 Å². The summed E-state index contributed by atoms with van der Waals surface area (Å²) >= 11 is 0. The number of ether oxygens (including phenoxy) is 1. The zero-order valence-electron chi connectivity index (χ0n) is 75.5. The molecule has 0 aliphatic carbocycles. The Morgan fingerprint density at radius 2 is 0.591 bits per heavy atom. The molecule has 3 saturated heterocycles. The first-order valence-corrected chi connectivity index (χ1v) is 51.4. The van der Waals surface area contributed by atoms with Crippen molar-refractivity contribution < 1.29 is 40.8 Å². The van der Waals surface area contributed by atoms with Gasteiger partial charge in [0.25, 0.3) is 23.6 Å². The van der Waals surface area contributed by atoms with Crippen LogP contribution >= 0.6 is 0 Å². The van der Waals surface area contributed by atoms with E-state index in [4.69, 9.17) is 4.74 Å². The van der Waals surface area contributed by atoms with Crippen LogP contribution in [0, 0.1) is 0 Å². The van der Waals surface area contributed by atoms with Crippen molar-refractivity contribution >= 4 is 193 Å². The zero-order valence-corrected chi connectivity index (χ0v) is 78.7. The molecule has 704 valence electrons. The van der Waals surface area contributed by atoms with Gasteiger partial charge in [0, 0.05) is 184 Å². The summed E-state index contributed by atoms with van der Waals surface area (Å²) in [6, 6.07) is 31.7. The highest BCUT2D eigenvalue weighted by molar-refractivity contribution is 8.01. The molecule has 0 spiro atoms. The molecule has 12 aromatic heterocycles. The molecule has 19 rings (SSSR count). The van der Waals surface area contributed by atoms with Crippen LogP contribution in [0.25, 0.3) is 88.1 Å². The molecule has 41 nitrogen and oxygen atoms in total. The Labute approximate surface area is 788 Å². The second-order valence-corrected chi connectivity index (χ2v) is 42.1. The third-order valence-electron chi connectivity index (χ3n) is 21.3. The molecular weight excluding hydrogens is 1830 g/mol. The maximum Gasteiger partial charge on any atom is 0.276 e. The van der Waals surface area contributed by atoms with Gasteiger partial charge in [0.05, 0.1) is 143 Å². The number of carbonyl (C=O) groups is 4. The minimum Gasteiger partial charge on any atom is -0.378 e. The maximum atomic E-state index is 13.0. The van der Waals surface area contributed by atoms with E-state index in [9.17, 15) is 36.0 Å². The standard InChI is InChI=1S/C24H26N8O2S.C23H24N8O3S.C23H24N8O2S.C22H24N8O2S/c1-35(2,34)31-24-26-13-18(14-27-24)28-23(33)22-20-11-16(6-7-21(20)29-30-22)17-10-19(15-25-12-17)32-8-4-3-5-9-32;1-35(2,33)30-23-25-12-17(13-26-23)27-22(32)21-19-10-15(3-4-20(19)28-29-21)16-9-18(14-24-11-16)31-5-7-34-8-6-31;1-34(2,33)30-23-25-12-17(13-26-23)27-22(32)21-19-10-15(5-6-20(19)28-29-21)16-9-18(14-24-11-16)31-7-3-4-8-31;1-30(2)13-14-7-16(10-23-9-14)15-5-6-19-18(8-15)20(28-27-19)21(31)26-17-11-24-22(25-12-17)29-33(3,4)32/h6-7,10-15H,1,3-5,8-9H2,2H3,(H,28,33)(H,29,30)(H,26,27,31,34);3-4,9-14H,1,5-8H2,2H3,(H,27,32)(H,28,29)(H,25,26,30,33);5-6,9-14H,1,3-4,7-8H2,2H3,(H,27,32)(H,28,29)(H,25,26,30,33);5-12H,3,13H2,1-2,4H3,(H,26,31)(H,27,28)(H,24,25,29,32). The molecule has 0 radical (unpaired) electrons. The fourth-order valence-electron chi connectivity index (χ4n) is 15.1. The molecule has 45 heteroatoms. The molecule has 4 aromatic carbocycles. The van der Waals surface area contributed by atoms with Crippen LogP contribution < -0.4 is 54.9 Å². The molecule has 4 atom stereocenters. The highest BCUT2D eigenvalue weighted by Gasteiger charge is 2.25. The molecule has 12 N–H and O–H groups in total. The van der Waals surface area contributed by atoms with Gasteiger partial charge >= 0.3 is 0 Å². The Kier molecular flexibility index (Phi) is 28.5. The Hall–Kier alpha value is -15.8. The Morgan fingerprint density at radius 1 is 0.336 bits per heavy atom. The average Bonchev–Trinajstić information content (AvgIpc) is 1.68. The first-order valence-electron chi connectivity index (χ1n) is 42.9. The van der Waals surface area contributed by atoms with Crippen molar-refractivity contribution in [1.29, 1.82) is 0 Å². The molecule has 4 unspecified atom stereocenters. The van der Waals surface area contributed by atoms with Crippen molar-refractivity contribution in [3.05, 3.63) is 225 Å². The summed E-state index contributed by atoms with van der Waals surface area (Å²) in [4.78, 5) is 111. The van der Waals surface area contributed by atoms with E-state index in [0.717, 1.165) is 135 Å². The third-order valence-corrected chi connectivity index (χ3v) is 23.8. The highest BCUT2D eigenvalue weighted by Crippen LogP contribution is 2.35. The fraction of sp³-hybridized carbons (Fsp3) is 0.217. The predicted octanol–water partition coefficient (Wildman–Crippen LogP) is 10.8. The Balaban J connectivity index is 0.000000132. The van der Waals surface area contributed by atoms with E-state index >= 15 is 0 Å². The molecule has 16 aromatic rings. The normalized spacial score (nSPS) is 14.9. The van der Waals surface area contributed by atoms with Crippen LogP contribution in [-0.2, 0) is 50.1 Å². The van der Waals surface area contributed by atoms with Crippen LogP contribution in [0.1, 0.15) is 79.6 Å². The van der Waals surface area contributed by atoms with E-state index < -0.39 is 62.5 Å². The first-order chi connectivity index (χ1) is 65.7. The number of fused-ring (bicyclic) bond motifs is 4. The van der Waals surface area contributed by atoms with Crippen LogP contribution in [0.15, 0.2) is 196 Å². The summed E-state index contributed by atoms with van der Waals surface area (Å²) in [5.41, 5.74) is 17.5. The van der Waals surface area contributed by atoms with E-state index in [1.165, 1.54) is 107 Å².